The van der Waals surface area contributed by atoms with E-state index in [4.69, 9.17) is 0 Å². The highest BCUT2D eigenvalue weighted by atomic mass is 32.1. The molecule has 12 aromatic heterocycles. The lowest BCUT2D eigenvalue weighted by molar-refractivity contribution is 1.01. The summed E-state index contributed by atoms with van der Waals surface area (Å²) >= 11 is 7.34. The van der Waals surface area contributed by atoms with Crippen molar-refractivity contribution in [2.75, 3.05) is 0 Å². The Kier molecular flexibility index (Phi) is 16.7. The van der Waals surface area contributed by atoms with Crippen molar-refractivity contribution in [3.8, 4) is 68.8 Å². The Balaban J connectivity index is 0.700. The zero-order valence-electron chi connectivity index (χ0n) is 80.5. The van der Waals surface area contributed by atoms with Gasteiger partial charge in [-0.3, -0.25) is 0 Å². The van der Waals surface area contributed by atoms with E-state index in [2.05, 4.69) is 487 Å². The summed E-state index contributed by atoms with van der Waals surface area (Å²) in [7, 11) is 0. The van der Waals surface area contributed by atoms with Crippen LogP contribution >= 0.6 is 45.3 Å². The van der Waals surface area contributed by atoms with Crippen molar-refractivity contribution in [3.63, 3.8) is 0 Å². The summed E-state index contributed by atoms with van der Waals surface area (Å²) in [5.41, 5.74) is 27.9. The van der Waals surface area contributed by atoms with Gasteiger partial charge in [-0.15, -0.1) is 45.3 Å². The highest BCUT2D eigenvalue weighted by Crippen LogP contribution is 2.57. The minimum atomic E-state index is 0.518. The molecule has 0 aliphatic rings. The lowest BCUT2D eigenvalue weighted by Crippen LogP contribution is -2.16. The van der Waals surface area contributed by atoms with E-state index < -0.39 is 0 Å². The average Bonchev–Trinajstić information content (AvgIpc) is 1.51. The van der Waals surface area contributed by atoms with E-state index in [1.165, 1.54) is 65.9 Å². The molecule has 10 nitrogen and oxygen atoms in total. The van der Waals surface area contributed by atoms with Crippen molar-refractivity contribution in [1.29, 1.82) is 10.5 Å². The molecular weight excluding hydrogens is 1900 g/mol. The monoisotopic (exact) mass is 1980 g/mol. The van der Waals surface area contributed by atoms with E-state index in [0.717, 1.165) is 257 Å². The lowest BCUT2D eigenvalue weighted by atomic mass is 9.98. The maximum Gasteiger partial charge on any atom is 0.104 e. The third-order valence-corrected chi connectivity index (χ3v) is 37.5. The van der Waals surface area contributed by atoms with Crippen molar-refractivity contribution in [3.05, 3.63) is 447 Å². The Morgan fingerprint density at radius 1 is 0.160 bits per heavy atom. The van der Waals surface area contributed by atoms with Gasteiger partial charge < -0.3 is 36.5 Å². The van der Waals surface area contributed by atoms with Crippen LogP contribution < -0.4 is 0 Å². The van der Waals surface area contributed by atoms with Gasteiger partial charge in [-0.1, -0.05) is 291 Å². The second-order valence-corrected chi connectivity index (χ2v) is 44.4. The van der Waals surface area contributed by atoms with Gasteiger partial charge in [0.1, 0.15) is 23.3 Å². The predicted molar refractivity (Wildman–Crippen MR) is 637 cm³/mol. The third-order valence-electron chi connectivity index (χ3n) is 32.8. The number of aromatic nitrogens is 8. The smallest absolute Gasteiger partial charge is 0.104 e. The van der Waals surface area contributed by atoms with Crippen LogP contribution in [0.25, 0.3) is 312 Å². The Morgan fingerprint density at radius 2 is 0.373 bits per heavy atom. The summed E-state index contributed by atoms with van der Waals surface area (Å²) in [5, 5.41) is 54.4. The fourth-order valence-electron chi connectivity index (χ4n) is 26.7. The normalized spacial score (nSPS) is 12.5. The van der Waals surface area contributed by atoms with Crippen LogP contribution in [-0.4, -0.2) is 36.5 Å². The SMILES string of the molecule is Cc1c(-n2c3ccccc3c3cc4c(cc32)sc2ccccc24)c(-n2c3ccccc3c3ccccc32)c(C#N)c(-n2c3ccccc3c3ccccc32)c1-n1c2ccc(-c3ccc4c(c3)c3ccc5c6ccccc6sc5c3n4-c3c(C)c(-n4c5ccccc5c5ccc6c7ccccc7sc6c54)c(-n4c5ccccc5c5ccccc54)c(C#N)c3-n3c4ccccc4c4ccccc43)cc2c2cc3c(cc21)sc1ccccc13. The van der Waals surface area contributed by atoms with Gasteiger partial charge >= 0.3 is 0 Å². The Morgan fingerprint density at radius 3 is 0.693 bits per heavy atom. The number of nitrogens with zero attached hydrogens (tertiary/aromatic N) is 10. The van der Waals surface area contributed by atoms with Crippen LogP contribution in [0, 0.1) is 36.5 Å². The molecule has 14 heteroatoms. The molecule has 150 heavy (non-hydrogen) atoms. The van der Waals surface area contributed by atoms with Gasteiger partial charge in [-0.05, 0) is 158 Å². The number of thiophene rings is 4. The number of fused-ring (bicyclic) bond motifs is 38. The molecule has 0 saturated heterocycles. The second kappa shape index (κ2) is 30.4. The van der Waals surface area contributed by atoms with Crippen molar-refractivity contribution < 1.29 is 0 Å². The van der Waals surface area contributed by atoms with Crippen LogP contribution in [0.5, 0.6) is 0 Å². The summed E-state index contributed by atoms with van der Waals surface area (Å²) in [6, 6.07) is 164. The minimum absolute atomic E-state index is 0.518. The van der Waals surface area contributed by atoms with Gasteiger partial charge in [0.15, 0.2) is 0 Å². The van der Waals surface area contributed by atoms with Crippen LogP contribution in [0.4, 0.5) is 0 Å². The zero-order valence-corrected chi connectivity index (χ0v) is 83.8. The molecule has 0 N–H and O–H groups in total. The Labute approximate surface area is 869 Å². The zero-order chi connectivity index (χ0) is 98.2. The van der Waals surface area contributed by atoms with Gasteiger partial charge in [0.05, 0.1) is 143 Å². The first-order chi connectivity index (χ1) is 74.2. The van der Waals surface area contributed by atoms with E-state index >= 15 is 0 Å². The summed E-state index contributed by atoms with van der Waals surface area (Å²) < 4.78 is 29.5. The molecule has 22 aromatic carbocycles. The highest BCUT2D eigenvalue weighted by Gasteiger charge is 2.39. The Bertz CT molecular complexity index is 12100. The minimum Gasteiger partial charge on any atom is -0.307 e. The quantitative estimate of drug-likeness (QED) is 0.144. The number of para-hydroxylation sites is 10. The highest BCUT2D eigenvalue weighted by molar-refractivity contribution is 7.27. The fourth-order valence-corrected chi connectivity index (χ4v) is 31.4. The van der Waals surface area contributed by atoms with Crippen LogP contribution in [0.1, 0.15) is 22.3 Å². The molecule has 0 unspecified atom stereocenters. The van der Waals surface area contributed by atoms with E-state index in [9.17, 15) is 10.5 Å². The number of benzene rings is 22. The predicted octanol–water partition coefficient (Wildman–Crippen LogP) is 38.0. The first-order valence-corrected chi connectivity index (χ1v) is 54.2. The molecule has 0 spiro atoms. The average molecular weight is 1980 g/mol. The molecule has 0 bridgehead atoms. The third kappa shape index (κ3) is 10.8. The maximum absolute atomic E-state index is 13.7. The van der Waals surface area contributed by atoms with Crippen molar-refractivity contribution in [2.45, 2.75) is 13.8 Å². The van der Waals surface area contributed by atoms with E-state index in [0.29, 0.717) is 11.1 Å². The number of rotatable bonds is 9. The molecule has 694 valence electrons. The number of hydrogen-bond acceptors (Lipinski definition) is 6. The van der Waals surface area contributed by atoms with E-state index in [1.807, 2.05) is 45.3 Å². The van der Waals surface area contributed by atoms with Gasteiger partial charge in [-0.25, -0.2) is 0 Å². The molecular formula is C136H76N10S4. The molecule has 34 rings (SSSR count). The molecule has 0 amide bonds. The van der Waals surface area contributed by atoms with Gasteiger partial charge in [0.25, 0.3) is 0 Å². The standard InChI is InChI=1S/C136H76N10S4/c1-75-125(143-113-53-25-12-40-88(113)99-69-101-91-43-15-27-55-119(91)147-123(101)71-117(99)143)129(139-105-45-17-3-31-79(105)80-32-4-18-46-106(80)139)103(73-137)130(140-107-47-19-5-33-81(107)82-34-6-20-48-108(82)140)126(75)144-115-65-59-78(68-98(115)100-70-102-92-44-16-28-56-120(92)148-124(102)72-118(100)144)77-60-66-116-97(67-77)94-62-64-96-90-42-14-30-58-122(90)150-136(96)134(94)146(116)128-76(2)127(145-114-54-26-11-39-87(114)93-61-63-95-89-41-13-29-57-121(89)149-135(95)133(93)145)131(141-109-49-21-7-35-83(109)84-36-8-22-50-110(84)141)104(74-138)132(128)142-111-51-23-9-37-85(111)86-38-10-24-52-112(86)142/h3-72H,1-2H3. The topological polar surface area (TPSA) is 87.0 Å². The van der Waals surface area contributed by atoms with Gasteiger partial charge in [0.2, 0.25) is 0 Å². The number of nitriles is 2. The first-order valence-electron chi connectivity index (χ1n) is 50.9. The summed E-state index contributed by atoms with van der Waals surface area (Å²) in [4.78, 5) is 0. The van der Waals surface area contributed by atoms with E-state index in [-0.39, 0.29) is 0 Å². The number of hydrogen-bond donors (Lipinski definition) is 0. The lowest BCUT2D eigenvalue weighted by Gasteiger charge is -2.28. The molecule has 0 aliphatic heterocycles. The van der Waals surface area contributed by atoms with Crippen LogP contribution in [0.15, 0.2) is 425 Å². The van der Waals surface area contributed by atoms with Crippen LogP contribution in [-0.2, 0) is 0 Å². The summed E-state index contributed by atoms with van der Waals surface area (Å²) in [6.07, 6.45) is 0. The van der Waals surface area contributed by atoms with Gasteiger partial charge in [-0.2, -0.15) is 10.5 Å². The maximum atomic E-state index is 13.7. The molecule has 0 radical (unpaired) electrons. The van der Waals surface area contributed by atoms with Gasteiger partial charge in [0, 0.05) is 169 Å². The fraction of sp³-hybridized carbons (Fsp3) is 0.0147. The second-order valence-electron chi connectivity index (χ2n) is 40.1. The van der Waals surface area contributed by atoms with E-state index in [1.54, 1.807) is 0 Å². The summed E-state index contributed by atoms with van der Waals surface area (Å²) in [6.45, 7) is 4.72. The molecule has 0 aliphatic carbocycles. The summed E-state index contributed by atoms with van der Waals surface area (Å²) in [5.74, 6) is 0. The first kappa shape index (κ1) is 82.4. The Hall–Kier alpha value is -18.9. The van der Waals surface area contributed by atoms with Crippen LogP contribution in [0.2, 0.25) is 0 Å². The van der Waals surface area contributed by atoms with Crippen molar-refractivity contribution >= 4 is 300 Å². The van der Waals surface area contributed by atoms with Crippen molar-refractivity contribution in [2.24, 2.45) is 0 Å². The molecule has 0 atom stereocenters. The molecule has 0 fully saturated rings. The van der Waals surface area contributed by atoms with Crippen molar-refractivity contribution in [1.82, 2.24) is 36.5 Å². The molecule has 0 saturated carbocycles. The molecule has 34 aromatic rings. The van der Waals surface area contributed by atoms with Crippen LogP contribution in [0.3, 0.4) is 0 Å². The molecule has 12 heterocycles. The largest absolute Gasteiger partial charge is 0.307 e.